The van der Waals surface area contributed by atoms with Crippen molar-refractivity contribution in [2.45, 2.75) is 51.7 Å². The topological polar surface area (TPSA) is 77.1 Å². The number of aryl methyl sites for hydroxylation is 4. The molecule has 0 radical (unpaired) electrons. The average Bonchev–Trinajstić information content (AvgIpc) is 3.37. The number of fused-ring (bicyclic) bond motifs is 3. The van der Waals surface area contributed by atoms with Crippen molar-refractivity contribution in [3.63, 3.8) is 0 Å². The van der Waals surface area contributed by atoms with Crippen LogP contribution >= 0.6 is 11.3 Å². The van der Waals surface area contributed by atoms with E-state index in [1.165, 1.54) is 10.9 Å². The second kappa shape index (κ2) is 8.55. The van der Waals surface area contributed by atoms with Crippen LogP contribution in [0.5, 0.6) is 0 Å². The number of likely N-dealkylation sites (N-methyl/N-ethyl adjacent to an activating group) is 1. The summed E-state index contributed by atoms with van der Waals surface area (Å²) in [5.74, 6) is -0.241. The predicted octanol–water partition coefficient (Wildman–Crippen LogP) is 3.52. The Kier molecular flexibility index (Phi) is 5.60. The maximum atomic E-state index is 13.9. The van der Waals surface area contributed by atoms with Crippen molar-refractivity contribution < 1.29 is 9.02 Å². The number of nitrogens with zero attached hydrogens (tertiary/aromatic N) is 5. The highest BCUT2D eigenvalue weighted by atomic mass is 32.1. The molecule has 3 aromatic heterocycles. The summed E-state index contributed by atoms with van der Waals surface area (Å²) in [7, 11) is 2.09. The molecule has 0 saturated carbocycles. The van der Waals surface area contributed by atoms with E-state index in [1.54, 1.807) is 34.4 Å². The Hall–Kier alpha value is -2.91. The van der Waals surface area contributed by atoms with Gasteiger partial charge in [-0.2, -0.15) is 0 Å². The third kappa shape index (κ3) is 3.86. The SMILES string of the molecule is Cc1nonc1CN(C)C1CCc2c(sc3ncn(CCc4ccccc4F)c(=O)c23)C1. The molecule has 0 saturated heterocycles. The van der Waals surface area contributed by atoms with Crippen LogP contribution in [-0.4, -0.2) is 37.9 Å². The van der Waals surface area contributed by atoms with Gasteiger partial charge >= 0.3 is 0 Å². The molecule has 3 heterocycles. The molecule has 4 aromatic rings. The molecule has 0 spiro atoms. The van der Waals surface area contributed by atoms with E-state index >= 15 is 0 Å². The molecule has 0 fully saturated rings. The number of hydrogen-bond acceptors (Lipinski definition) is 7. The molecule has 0 amide bonds. The van der Waals surface area contributed by atoms with Crippen molar-refractivity contribution >= 4 is 21.6 Å². The Bertz CT molecular complexity index is 1330. The smallest absolute Gasteiger partial charge is 0.262 e. The summed E-state index contributed by atoms with van der Waals surface area (Å²) in [5, 5.41) is 8.59. The number of thiophene rings is 1. The number of rotatable bonds is 6. The fraction of sp³-hybridized carbons (Fsp3) is 0.391. The molecular formula is C23H24FN5O2S. The van der Waals surface area contributed by atoms with Crippen LogP contribution in [0.15, 0.2) is 40.0 Å². The summed E-state index contributed by atoms with van der Waals surface area (Å²) in [4.78, 5) is 22.1. The zero-order valence-electron chi connectivity index (χ0n) is 18.0. The van der Waals surface area contributed by atoms with Crippen LogP contribution in [-0.2, 0) is 32.4 Å². The van der Waals surface area contributed by atoms with Crippen LogP contribution in [0.2, 0.25) is 0 Å². The largest absolute Gasteiger partial charge is 0.298 e. The van der Waals surface area contributed by atoms with Gasteiger partial charge in [0.1, 0.15) is 22.0 Å². The minimum absolute atomic E-state index is 0.0278. The van der Waals surface area contributed by atoms with Crippen LogP contribution in [0.3, 0.4) is 0 Å². The van der Waals surface area contributed by atoms with Crippen molar-refractivity contribution in [3.05, 3.63) is 74.2 Å². The van der Waals surface area contributed by atoms with Gasteiger partial charge in [-0.3, -0.25) is 14.3 Å². The second-order valence-corrected chi connectivity index (χ2v) is 9.46. The lowest BCUT2D eigenvalue weighted by molar-refractivity contribution is 0.207. The van der Waals surface area contributed by atoms with Crippen LogP contribution < -0.4 is 5.56 Å². The Morgan fingerprint density at radius 1 is 1.31 bits per heavy atom. The number of benzene rings is 1. The van der Waals surface area contributed by atoms with E-state index < -0.39 is 0 Å². The number of hydrogen-bond donors (Lipinski definition) is 0. The van der Waals surface area contributed by atoms with E-state index in [1.807, 2.05) is 13.0 Å². The molecule has 5 rings (SSSR count). The zero-order chi connectivity index (χ0) is 22.2. The molecule has 0 aliphatic heterocycles. The summed E-state index contributed by atoms with van der Waals surface area (Å²) in [6, 6.07) is 7.04. The summed E-state index contributed by atoms with van der Waals surface area (Å²) in [5.41, 5.74) is 3.38. The molecule has 1 aromatic carbocycles. The van der Waals surface area contributed by atoms with Crippen molar-refractivity contribution in [1.82, 2.24) is 24.8 Å². The van der Waals surface area contributed by atoms with Gasteiger partial charge in [-0.15, -0.1) is 11.3 Å². The third-order valence-electron chi connectivity index (χ3n) is 6.36. The van der Waals surface area contributed by atoms with Gasteiger partial charge in [-0.25, -0.2) is 14.0 Å². The number of halogens is 1. The molecule has 1 unspecified atom stereocenters. The van der Waals surface area contributed by atoms with Gasteiger partial charge in [-0.05, 0) is 56.8 Å². The highest BCUT2D eigenvalue weighted by molar-refractivity contribution is 7.18. The Morgan fingerprint density at radius 3 is 2.94 bits per heavy atom. The van der Waals surface area contributed by atoms with Crippen LogP contribution in [0, 0.1) is 12.7 Å². The van der Waals surface area contributed by atoms with Crippen LogP contribution in [0.1, 0.15) is 33.8 Å². The third-order valence-corrected chi connectivity index (χ3v) is 7.52. The van der Waals surface area contributed by atoms with Crippen LogP contribution in [0.25, 0.3) is 10.2 Å². The van der Waals surface area contributed by atoms with Gasteiger partial charge in [-0.1, -0.05) is 28.5 Å². The zero-order valence-corrected chi connectivity index (χ0v) is 18.9. The van der Waals surface area contributed by atoms with E-state index in [2.05, 4.69) is 27.2 Å². The molecule has 32 heavy (non-hydrogen) atoms. The second-order valence-electron chi connectivity index (χ2n) is 8.38. The molecular weight excluding hydrogens is 429 g/mol. The fourth-order valence-electron chi connectivity index (χ4n) is 4.42. The van der Waals surface area contributed by atoms with Gasteiger partial charge in [0, 0.05) is 24.0 Å². The molecule has 0 N–H and O–H groups in total. The lowest BCUT2D eigenvalue weighted by Crippen LogP contribution is -2.36. The summed E-state index contributed by atoms with van der Waals surface area (Å²) >= 11 is 1.61. The minimum Gasteiger partial charge on any atom is -0.298 e. The molecule has 166 valence electrons. The van der Waals surface area contributed by atoms with Crippen molar-refractivity contribution in [2.24, 2.45) is 0 Å². The maximum Gasteiger partial charge on any atom is 0.262 e. The van der Waals surface area contributed by atoms with E-state index in [4.69, 9.17) is 4.63 Å². The first-order valence-corrected chi connectivity index (χ1v) is 11.5. The van der Waals surface area contributed by atoms with Crippen LogP contribution in [0.4, 0.5) is 4.39 Å². The van der Waals surface area contributed by atoms with Crippen molar-refractivity contribution in [2.75, 3.05) is 7.05 Å². The predicted molar refractivity (Wildman–Crippen MR) is 120 cm³/mol. The molecule has 1 atom stereocenters. The summed E-state index contributed by atoms with van der Waals surface area (Å²) < 4.78 is 20.4. The minimum atomic E-state index is -0.241. The van der Waals surface area contributed by atoms with E-state index in [0.29, 0.717) is 31.1 Å². The molecule has 1 aliphatic carbocycles. The fourth-order valence-corrected chi connectivity index (χ4v) is 5.67. The van der Waals surface area contributed by atoms with E-state index in [0.717, 1.165) is 46.4 Å². The number of aromatic nitrogens is 4. The van der Waals surface area contributed by atoms with Gasteiger partial charge in [0.2, 0.25) is 0 Å². The lowest BCUT2D eigenvalue weighted by atomic mass is 9.92. The first kappa shape index (κ1) is 21.0. The first-order chi connectivity index (χ1) is 15.5. The van der Waals surface area contributed by atoms with Crippen molar-refractivity contribution in [1.29, 1.82) is 0 Å². The molecule has 7 nitrogen and oxygen atoms in total. The normalized spacial score (nSPS) is 16.1. The molecule has 9 heteroatoms. The molecule has 1 aliphatic rings. The summed E-state index contributed by atoms with van der Waals surface area (Å²) in [6.45, 7) is 2.98. The van der Waals surface area contributed by atoms with E-state index in [-0.39, 0.29) is 11.4 Å². The quantitative estimate of drug-likeness (QED) is 0.445. The van der Waals surface area contributed by atoms with Gasteiger partial charge < -0.3 is 0 Å². The van der Waals surface area contributed by atoms with Gasteiger partial charge in [0.15, 0.2) is 0 Å². The Balaban J connectivity index is 1.36. The maximum absolute atomic E-state index is 13.9. The molecule has 0 bridgehead atoms. The monoisotopic (exact) mass is 453 g/mol. The first-order valence-electron chi connectivity index (χ1n) is 10.7. The highest BCUT2D eigenvalue weighted by Crippen LogP contribution is 2.35. The summed E-state index contributed by atoms with van der Waals surface area (Å²) in [6.07, 6.45) is 4.73. The average molecular weight is 454 g/mol. The van der Waals surface area contributed by atoms with Gasteiger partial charge in [0.05, 0.1) is 11.7 Å². The highest BCUT2D eigenvalue weighted by Gasteiger charge is 2.28. The standard InChI is InChI=1S/C23H24FN5O2S/c1-14-19(27-31-26-14)12-28(2)16-7-8-17-20(11-16)32-22-21(17)23(30)29(13-25-22)10-9-15-5-3-4-6-18(15)24/h3-6,13,16H,7-12H2,1-2H3. The van der Waals surface area contributed by atoms with Crippen molar-refractivity contribution in [3.8, 4) is 0 Å². The van der Waals surface area contributed by atoms with E-state index in [9.17, 15) is 9.18 Å². The van der Waals surface area contributed by atoms with Gasteiger partial charge in [0.25, 0.3) is 5.56 Å². The lowest BCUT2D eigenvalue weighted by Gasteiger charge is -2.30. The Morgan fingerprint density at radius 2 is 2.16 bits per heavy atom. The Labute approximate surface area is 188 Å².